The first kappa shape index (κ1) is 28.4. The number of aryl methyl sites for hydroxylation is 1. The van der Waals surface area contributed by atoms with Crippen LogP contribution in [-0.4, -0.2) is 21.8 Å². The first-order valence-corrected chi connectivity index (χ1v) is 14.1. The number of aromatic amines is 1. The zero-order valence-electron chi connectivity index (χ0n) is 23.1. The summed E-state index contributed by atoms with van der Waals surface area (Å²) < 4.78 is 0. The molecule has 1 aromatic heterocycles. The number of hydrogen-bond donors (Lipinski definition) is 3. The lowest BCUT2D eigenvalue weighted by molar-refractivity contribution is -0.125. The number of nitrogens with one attached hydrogen (secondary N) is 3. The Morgan fingerprint density at radius 1 is 0.973 bits per heavy atom. The van der Waals surface area contributed by atoms with E-state index in [1.54, 1.807) is 0 Å². The van der Waals surface area contributed by atoms with Crippen molar-refractivity contribution < 1.29 is 9.59 Å². The van der Waals surface area contributed by atoms with E-state index in [9.17, 15) is 9.59 Å². The molecular weight excluding hydrogens is 460 g/mol. The van der Waals surface area contributed by atoms with Crippen molar-refractivity contribution in [3.63, 3.8) is 0 Å². The summed E-state index contributed by atoms with van der Waals surface area (Å²) in [5.74, 6) is 1.15. The molecule has 0 spiro atoms. The second-order valence-electron chi connectivity index (χ2n) is 10.0. The molecule has 2 amide bonds. The summed E-state index contributed by atoms with van der Waals surface area (Å²) >= 11 is 0. The van der Waals surface area contributed by atoms with Crippen molar-refractivity contribution >= 4 is 29.7 Å². The van der Waals surface area contributed by atoms with Crippen LogP contribution < -0.4 is 21.3 Å². The van der Waals surface area contributed by atoms with Crippen molar-refractivity contribution in [1.29, 1.82) is 0 Å². The Hall–Kier alpha value is -3.15. The standard InChI is InChI=1S/C29H38N4O2.C2H6/c1-4-24-26(18-20(3)30-28(34)21-11-7-5-8-12-21)32-27(31-24)23-15-16-25(19(2)17-23)33-29(35)22-13-9-6-10-14-22;1-2/h4,15-18,21-22H,3,5-14H2,1-2H3,(H,30,34)(H,31,32)(H,33,35);1-2H3/b24-4+,26-18+;. The van der Waals surface area contributed by atoms with Crippen LogP contribution in [0.5, 0.6) is 0 Å². The first-order valence-electron chi connectivity index (χ1n) is 14.1. The van der Waals surface area contributed by atoms with E-state index in [1.807, 2.05) is 58.0 Å². The van der Waals surface area contributed by atoms with Crippen LogP contribution in [0.25, 0.3) is 23.5 Å². The molecule has 0 bridgehead atoms. The second-order valence-corrected chi connectivity index (χ2v) is 10.0. The third kappa shape index (κ3) is 7.67. The Morgan fingerprint density at radius 3 is 2.14 bits per heavy atom. The van der Waals surface area contributed by atoms with Crippen LogP contribution in [0.15, 0.2) is 30.5 Å². The smallest absolute Gasteiger partial charge is 0.227 e. The predicted octanol–water partition coefficient (Wildman–Crippen LogP) is 5.72. The van der Waals surface area contributed by atoms with Gasteiger partial charge in [0.05, 0.1) is 10.7 Å². The van der Waals surface area contributed by atoms with Gasteiger partial charge >= 0.3 is 0 Å². The summed E-state index contributed by atoms with van der Waals surface area (Å²) in [6.45, 7) is 12.0. The zero-order chi connectivity index (χ0) is 26.8. The molecule has 2 fully saturated rings. The summed E-state index contributed by atoms with van der Waals surface area (Å²) in [7, 11) is 0. The number of anilines is 1. The van der Waals surface area contributed by atoms with Crippen LogP contribution in [0.3, 0.4) is 0 Å². The van der Waals surface area contributed by atoms with E-state index >= 15 is 0 Å². The van der Waals surface area contributed by atoms with Crippen molar-refractivity contribution in [2.24, 2.45) is 11.8 Å². The van der Waals surface area contributed by atoms with Crippen LogP contribution in [0.1, 0.15) is 90.5 Å². The average molecular weight is 505 g/mol. The van der Waals surface area contributed by atoms with Crippen molar-refractivity contribution in [3.05, 3.63) is 46.7 Å². The molecular formula is C31H44N4O2. The van der Waals surface area contributed by atoms with E-state index in [2.05, 4.69) is 22.2 Å². The molecule has 4 rings (SSSR count). The Balaban J connectivity index is 0.00000186. The van der Waals surface area contributed by atoms with Gasteiger partial charge in [0.25, 0.3) is 0 Å². The highest BCUT2D eigenvalue weighted by Gasteiger charge is 2.22. The van der Waals surface area contributed by atoms with Gasteiger partial charge in [-0.25, -0.2) is 4.98 Å². The van der Waals surface area contributed by atoms with Crippen molar-refractivity contribution in [3.8, 4) is 11.4 Å². The molecule has 3 N–H and O–H groups in total. The minimum atomic E-state index is 0.0641. The average Bonchev–Trinajstić information content (AvgIpc) is 3.34. The molecule has 0 aliphatic heterocycles. The molecule has 6 heteroatoms. The normalized spacial score (nSPS) is 17.6. The largest absolute Gasteiger partial charge is 0.338 e. The third-order valence-corrected chi connectivity index (χ3v) is 7.35. The fourth-order valence-electron chi connectivity index (χ4n) is 5.25. The lowest BCUT2D eigenvalue weighted by Gasteiger charge is -2.21. The Bertz CT molecular complexity index is 1200. The summed E-state index contributed by atoms with van der Waals surface area (Å²) in [6, 6.07) is 5.97. The van der Waals surface area contributed by atoms with Gasteiger partial charge in [-0.2, -0.15) is 0 Å². The topological polar surface area (TPSA) is 86.9 Å². The number of rotatable bonds is 6. The minimum Gasteiger partial charge on any atom is -0.338 e. The molecule has 0 radical (unpaired) electrons. The van der Waals surface area contributed by atoms with E-state index < -0.39 is 0 Å². The van der Waals surface area contributed by atoms with Gasteiger partial charge in [-0.05, 0) is 69.4 Å². The zero-order valence-corrected chi connectivity index (χ0v) is 23.1. The molecule has 1 aromatic carbocycles. The highest BCUT2D eigenvalue weighted by Crippen LogP contribution is 2.27. The highest BCUT2D eigenvalue weighted by molar-refractivity contribution is 5.93. The quantitative estimate of drug-likeness (QED) is 0.470. The number of benzene rings is 1. The van der Waals surface area contributed by atoms with Crippen LogP contribution in [0, 0.1) is 18.8 Å². The van der Waals surface area contributed by atoms with Crippen molar-refractivity contribution in [1.82, 2.24) is 15.3 Å². The Kier molecular flexibility index (Phi) is 10.7. The molecule has 37 heavy (non-hydrogen) atoms. The van der Waals surface area contributed by atoms with E-state index in [-0.39, 0.29) is 23.7 Å². The summed E-state index contributed by atoms with van der Waals surface area (Å²) in [4.78, 5) is 33.4. The lowest BCUT2D eigenvalue weighted by Crippen LogP contribution is -2.32. The van der Waals surface area contributed by atoms with E-state index in [0.29, 0.717) is 5.70 Å². The highest BCUT2D eigenvalue weighted by atomic mass is 16.2. The maximum atomic E-state index is 12.7. The number of H-pyrrole nitrogens is 1. The number of allylic oxidation sites excluding steroid dienone is 1. The van der Waals surface area contributed by atoms with Gasteiger partial charge in [0.15, 0.2) is 0 Å². The van der Waals surface area contributed by atoms with E-state index in [0.717, 1.165) is 84.7 Å². The molecule has 6 nitrogen and oxygen atoms in total. The van der Waals surface area contributed by atoms with Gasteiger partial charge in [-0.15, -0.1) is 0 Å². The van der Waals surface area contributed by atoms with E-state index in [1.165, 1.54) is 12.8 Å². The van der Waals surface area contributed by atoms with Crippen molar-refractivity contribution in [2.75, 3.05) is 5.32 Å². The molecule has 2 aromatic rings. The van der Waals surface area contributed by atoms with Crippen molar-refractivity contribution in [2.45, 2.75) is 91.9 Å². The second kappa shape index (κ2) is 14.0. The van der Waals surface area contributed by atoms with Crippen LogP contribution >= 0.6 is 0 Å². The Labute approximate surface area is 221 Å². The molecule has 0 saturated heterocycles. The number of carbonyl (C=O) groups excluding carboxylic acids is 2. The van der Waals surface area contributed by atoms with Gasteiger partial charge in [0, 0.05) is 28.8 Å². The summed E-state index contributed by atoms with van der Waals surface area (Å²) in [5, 5.41) is 7.71. The van der Waals surface area contributed by atoms with Crippen LogP contribution in [0.4, 0.5) is 5.69 Å². The number of nitrogens with zero attached hydrogens (tertiary/aromatic N) is 1. The van der Waals surface area contributed by atoms with Crippen LogP contribution in [0.2, 0.25) is 0 Å². The summed E-state index contributed by atoms with van der Waals surface area (Å²) in [5.41, 5.74) is 3.36. The minimum absolute atomic E-state index is 0.0641. The van der Waals surface area contributed by atoms with Gasteiger partial charge in [0.1, 0.15) is 5.82 Å². The van der Waals surface area contributed by atoms with Crippen LogP contribution in [-0.2, 0) is 9.59 Å². The lowest BCUT2D eigenvalue weighted by atomic mass is 9.88. The van der Waals surface area contributed by atoms with Gasteiger partial charge in [-0.1, -0.05) is 65.0 Å². The fraction of sp³-hybridized carbons (Fsp3) is 0.516. The molecule has 200 valence electrons. The Morgan fingerprint density at radius 2 is 1.57 bits per heavy atom. The predicted molar refractivity (Wildman–Crippen MR) is 153 cm³/mol. The molecule has 2 aliphatic rings. The summed E-state index contributed by atoms with van der Waals surface area (Å²) in [6.07, 6.45) is 14.6. The SMILES string of the molecule is C=C(/C=c1/[nH]c(-c2ccc(NC(=O)C3CCCCC3)c(C)c2)n/c1=C/C)NC(=O)C1CCCCC1.CC. The molecule has 0 atom stereocenters. The first-order chi connectivity index (χ1) is 17.9. The number of carbonyl (C=O) groups is 2. The van der Waals surface area contributed by atoms with E-state index in [4.69, 9.17) is 4.98 Å². The van der Waals surface area contributed by atoms with Gasteiger partial charge < -0.3 is 15.6 Å². The van der Waals surface area contributed by atoms with Gasteiger partial charge in [0.2, 0.25) is 11.8 Å². The number of aromatic nitrogens is 2. The maximum Gasteiger partial charge on any atom is 0.227 e. The molecule has 1 heterocycles. The third-order valence-electron chi connectivity index (χ3n) is 7.35. The molecule has 0 unspecified atom stereocenters. The fourth-order valence-corrected chi connectivity index (χ4v) is 5.25. The number of imidazole rings is 1. The van der Waals surface area contributed by atoms with Gasteiger partial charge in [-0.3, -0.25) is 9.59 Å². The number of hydrogen-bond acceptors (Lipinski definition) is 3. The molecule has 2 saturated carbocycles. The maximum absolute atomic E-state index is 12.7. The molecule has 2 aliphatic carbocycles. The monoisotopic (exact) mass is 504 g/mol. The number of amides is 2.